The zero-order valence-corrected chi connectivity index (χ0v) is 22.2. The van der Waals surface area contributed by atoms with Gasteiger partial charge in [-0.25, -0.2) is 0 Å². The summed E-state index contributed by atoms with van der Waals surface area (Å²) in [5, 5.41) is 0. The van der Waals surface area contributed by atoms with Gasteiger partial charge in [0.2, 0.25) is 0 Å². The van der Waals surface area contributed by atoms with Crippen LogP contribution in [0.3, 0.4) is 0 Å². The van der Waals surface area contributed by atoms with E-state index < -0.39 is 0 Å². The molecule has 6 bridgehead atoms. The van der Waals surface area contributed by atoms with Gasteiger partial charge in [0.1, 0.15) is 0 Å². The summed E-state index contributed by atoms with van der Waals surface area (Å²) in [6.45, 7) is 13.2. The first-order valence-corrected chi connectivity index (χ1v) is 14.3. The highest BCUT2D eigenvalue weighted by molar-refractivity contribution is 5.08. The van der Waals surface area contributed by atoms with Crippen LogP contribution in [0.1, 0.15) is 32.1 Å². The topological polar surface area (TPSA) is 71.1 Å². The van der Waals surface area contributed by atoms with Crippen molar-refractivity contribution in [2.45, 2.75) is 43.3 Å². The van der Waals surface area contributed by atoms with Gasteiger partial charge >= 0.3 is 0 Å². The quantitative estimate of drug-likeness (QED) is 0.479. The molecule has 0 radical (unpaired) electrons. The summed E-state index contributed by atoms with van der Waals surface area (Å²) >= 11 is 0. The van der Waals surface area contributed by atoms with Crippen LogP contribution >= 0.6 is 0 Å². The van der Waals surface area contributed by atoms with Crippen LogP contribution in [0, 0.1) is 11.8 Å². The highest BCUT2D eigenvalue weighted by atomic mass is 16.6. The van der Waals surface area contributed by atoms with Gasteiger partial charge in [-0.05, 0) is 43.9 Å². The predicted molar refractivity (Wildman–Crippen MR) is 134 cm³/mol. The molecular formula is C27H48N2O7. The van der Waals surface area contributed by atoms with Gasteiger partial charge in [0.05, 0.1) is 90.5 Å². The predicted octanol–water partition coefficient (Wildman–Crippen LogP) is 1.44. The number of nitrogens with zero attached hydrogens (tertiary/aromatic N) is 2. The molecule has 7 fully saturated rings. The number of ether oxygens (including phenoxy) is 7. The van der Waals surface area contributed by atoms with Crippen molar-refractivity contribution >= 4 is 0 Å². The maximum Gasteiger partial charge on any atom is 0.0928 e. The Hall–Kier alpha value is -0.360. The molecule has 7 aliphatic rings. The van der Waals surface area contributed by atoms with Gasteiger partial charge in [-0.2, -0.15) is 0 Å². The van der Waals surface area contributed by atoms with Gasteiger partial charge in [-0.1, -0.05) is 0 Å². The molecule has 9 nitrogen and oxygen atoms in total. The lowest BCUT2D eigenvalue weighted by Crippen LogP contribution is -2.64. The fourth-order valence-corrected chi connectivity index (χ4v) is 7.13. The van der Waals surface area contributed by atoms with Gasteiger partial charge < -0.3 is 33.2 Å². The van der Waals surface area contributed by atoms with Gasteiger partial charge in [0.15, 0.2) is 0 Å². The standard InChI is InChI=1S/C27H48N2O7/c1-7-30-13-14-32-9-3-29-4-10-33-16-15-31-8-2-28(1)5-11-34-22-26-18-24-17-25(19-26)21-27(20-24,36-26)23-35-12-6-29/h24-25H,1-23H2. The second-order valence-corrected chi connectivity index (χ2v) is 11.5. The number of fused-ring (bicyclic) bond motifs is 20. The molecule has 0 amide bonds. The number of rotatable bonds is 0. The third kappa shape index (κ3) is 7.83. The van der Waals surface area contributed by atoms with Crippen molar-refractivity contribution in [3.05, 3.63) is 0 Å². The van der Waals surface area contributed by atoms with Gasteiger partial charge in [0.25, 0.3) is 0 Å². The van der Waals surface area contributed by atoms with E-state index in [1.54, 1.807) is 0 Å². The average molecular weight is 513 g/mol. The van der Waals surface area contributed by atoms with Crippen molar-refractivity contribution in [1.82, 2.24) is 9.80 Å². The summed E-state index contributed by atoms with van der Waals surface area (Å²) in [6, 6.07) is 0. The van der Waals surface area contributed by atoms with Crippen LogP contribution in [-0.2, 0) is 33.2 Å². The lowest BCUT2D eigenvalue weighted by atomic mass is 9.58. The number of hydrogen-bond donors (Lipinski definition) is 0. The van der Waals surface area contributed by atoms with E-state index in [9.17, 15) is 0 Å². The summed E-state index contributed by atoms with van der Waals surface area (Å²) in [4.78, 5) is 4.75. The SMILES string of the molecule is C1COCCN2CCOCCOCCN(CCO1)CCOCC13CC4CC(C1)CC(COCC2)(C4)O3. The Kier molecular flexibility index (Phi) is 10.3. The molecule has 0 aromatic heterocycles. The zero-order chi connectivity index (χ0) is 24.5. The van der Waals surface area contributed by atoms with Crippen LogP contribution in [0.25, 0.3) is 0 Å². The maximum atomic E-state index is 6.93. The molecule has 0 aromatic rings. The molecule has 2 spiro atoms. The van der Waals surface area contributed by atoms with E-state index in [0.29, 0.717) is 79.3 Å². The summed E-state index contributed by atoms with van der Waals surface area (Å²) in [5.41, 5.74) is -0.245. The summed E-state index contributed by atoms with van der Waals surface area (Å²) in [7, 11) is 0. The summed E-state index contributed by atoms with van der Waals surface area (Å²) in [5.74, 6) is 1.50. The van der Waals surface area contributed by atoms with Crippen molar-refractivity contribution in [2.24, 2.45) is 11.8 Å². The molecule has 36 heavy (non-hydrogen) atoms. The second kappa shape index (κ2) is 13.6. The Morgan fingerprint density at radius 3 is 1.11 bits per heavy atom. The van der Waals surface area contributed by atoms with E-state index in [2.05, 4.69) is 9.80 Å². The van der Waals surface area contributed by atoms with Crippen LogP contribution < -0.4 is 0 Å². The van der Waals surface area contributed by atoms with Crippen LogP contribution in [0.4, 0.5) is 0 Å². The Bertz CT molecular complexity index is 570. The van der Waals surface area contributed by atoms with Crippen LogP contribution in [0.2, 0.25) is 0 Å². The molecule has 2 aliphatic carbocycles. The highest BCUT2D eigenvalue weighted by Crippen LogP contribution is 2.57. The molecule has 0 N–H and O–H groups in total. The lowest BCUT2D eigenvalue weighted by Gasteiger charge is -2.61. The Morgan fingerprint density at radius 2 is 0.750 bits per heavy atom. The van der Waals surface area contributed by atoms with E-state index in [-0.39, 0.29) is 11.2 Å². The minimum absolute atomic E-state index is 0.122. The minimum Gasteiger partial charge on any atom is -0.378 e. The first-order chi connectivity index (χ1) is 17.7. The van der Waals surface area contributed by atoms with E-state index in [1.165, 1.54) is 6.42 Å². The first kappa shape index (κ1) is 27.2. The fourth-order valence-electron chi connectivity index (χ4n) is 7.13. The number of hydrogen-bond acceptors (Lipinski definition) is 9. The summed E-state index contributed by atoms with van der Waals surface area (Å²) in [6.07, 6.45) is 5.93. The van der Waals surface area contributed by atoms with E-state index in [4.69, 9.17) is 33.2 Å². The molecule has 0 unspecified atom stereocenters. The molecule has 0 aromatic carbocycles. The highest BCUT2D eigenvalue weighted by Gasteiger charge is 2.59. The second-order valence-electron chi connectivity index (χ2n) is 11.5. The molecule has 5 heterocycles. The molecule has 7 rings (SSSR count). The lowest BCUT2D eigenvalue weighted by molar-refractivity contribution is -0.299. The van der Waals surface area contributed by atoms with Crippen molar-refractivity contribution in [3.8, 4) is 0 Å². The third-order valence-electron chi connectivity index (χ3n) is 8.53. The monoisotopic (exact) mass is 512 g/mol. The average Bonchev–Trinajstić information content (AvgIpc) is 2.84. The van der Waals surface area contributed by atoms with Gasteiger partial charge in [-0.3, -0.25) is 9.80 Å². The Morgan fingerprint density at radius 1 is 0.417 bits per heavy atom. The van der Waals surface area contributed by atoms with Crippen molar-refractivity contribution in [3.63, 3.8) is 0 Å². The molecular weight excluding hydrogens is 464 g/mol. The van der Waals surface area contributed by atoms with Crippen LogP contribution in [0.15, 0.2) is 0 Å². The zero-order valence-electron chi connectivity index (χ0n) is 22.2. The normalized spacial score (nSPS) is 42.7. The molecule has 2 saturated carbocycles. The molecule has 0 atom stereocenters. The molecule has 208 valence electrons. The smallest absolute Gasteiger partial charge is 0.0928 e. The van der Waals surface area contributed by atoms with E-state index in [0.717, 1.165) is 76.8 Å². The fraction of sp³-hybridized carbons (Fsp3) is 1.00. The third-order valence-corrected chi connectivity index (χ3v) is 8.53. The Balaban J connectivity index is 1.25. The molecule has 5 saturated heterocycles. The van der Waals surface area contributed by atoms with E-state index >= 15 is 0 Å². The largest absolute Gasteiger partial charge is 0.378 e. The first-order valence-electron chi connectivity index (χ1n) is 14.3. The minimum atomic E-state index is -0.122. The molecule has 5 aliphatic heterocycles. The van der Waals surface area contributed by atoms with E-state index in [1.807, 2.05) is 0 Å². The molecule has 9 heteroatoms. The van der Waals surface area contributed by atoms with Crippen LogP contribution in [-0.4, -0.2) is 140 Å². The van der Waals surface area contributed by atoms with Crippen molar-refractivity contribution in [2.75, 3.05) is 119 Å². The van der Waals surface area contributed by atoms with Gasteiger partial charge in [0, 0.05) is 39.3 Å². The Labute approximate surface area is 217 Å². The van der Waals surface area contributed by atoms with Crippen molar-refractivity contribution < 1.29 is 33.2 Å². The van der Waals surface area contributed by atoms with Crippen molar-refractivity contribution in [1.29, 1.82) is 0 Å². The van der Waals surface area contributed by atoms with Gasteiger partial charge in [-0.15, -0.1) is 0 Å². The maximum absolute atomic E-state index is 6.93. The summed E-state index contributed by atoms with van der Waals surface area (Å²) < 4.78 is 43.0. The van der Waals surface area contributed by atoms with Crippen LogP contribution in [0.5, 0.6) is 0 Å².